The van der Waals surface area contributed by atoms with E-state index in [1.165, 1.54) is 6.07 Å². The third-order valence-electron chi connectivity index (χ3n) is 2.21. The van der Waals surface area contributed by atoms with E-state index in [1.54, 1.807) is 6.07 Å². The van der Waals surface area contributed by atoms with Gasteiger partial charge in [-0.1, -0.05) is 18.7 Å². The summed E-state index contributed by atoms with van der Waals surface area (Å²) in [5, 5.41) is 10.7. The summed E-state index contributed by atoms with van der Waals surface area (Å²) in [5.41, 5.74) is 2.29. The second-order valence-corrected chi connectivity index (χ2v) is 3.16. The van der Waals surface area contributed by atoms with Crippen LogP contribution in [0.3, 0.4) is 0 Å². The van der Waals surface area contributed by atoms with E-state index in [1.807, 2.05) is 6.07 Å². The Morgan fingerprint density at radius 1 is 1.43 bits per heavy atom. The number of ether oxygens (including phenoxy) is 1. The smallest absolute Gasteiger partial charge is 0.277 e. The minimum absolute atomic E-state index is 0.121. The van der Waals surface area contributed by atoms with Crippen molar-refractivity contribution in [2.75, 3.05) is 6.61 Å². The molecule has 1 aromatic carbocycles. The summed E-state index contributed by atoms with van der Waals surface area (Å²) in [6, 6.07) is 4.99. The fourth-order valence-electron chi connectivity index (χ4n) is 1.62. The molecule has 0 N–H and O–H groups in total. The van der Waals surface area contributed by atoms with Crippen LogP contribution in [-0.2, 0) is 11.3 Å². The Hall–Kier alpha value is -1.68. The first-order valence-corrected chi connectivity index (χ1v) is 4.22. The van der Waals surface area contributed by atoms with Gasteiger partial charge in [0.15, 0.2) is 0 Å². The van der Waals surface area contributed by atoms with Gasteiger partial charge in [0.25, 0.3) is 5.69 Å². The van der Waals surface area contributed by atoms with Gasteiger partial charge in [0.05, 0.1) is 23.7 Å². The Kier molecular flexibility index (Phi) is 2.05. The van der Waals surface area contributed by atoms with Crippen LogP contribution >= 0.6 is 0 Å². The van der Waals surface area contributed by atoms with Crippen molar-refractivity contribution in [2.45, 2.75) is 6.61 Å². The maximum absolute atomic E-state index is 10.7. The van der Waals surface area contributed by atoms with Crippen molar-refractivity contribution < 1.29 is 9.66 Å². The fourth-order valence-corrected chi connectivity index (χ4v) is 1.62. The van der Waals surface area contributed by atoms with Gasteiger partial charge in [0.2, 0.25) is 0 Å². The largest absolute Gasteiger partial charge is 0.372 e. The van der Waals surface area contributed by atoms with Crippen LogP contribution in [0.5, 0.6) is 0 Å². The van der Waals surface area contributed by atoms with Gasteiger partial charge in [-0.15, -0.1) is 0 Å². The summed E-state index contributed by atoms with van der Waals surface area (Å²) < 4.78 is 5.22. The second-order valence-electron chi connectivity index (χ2n) is 3.16. The average Bonchev–Trinajstić information content (AvgIpc) is 2.17. The lowest BCUT2D eigenvalue weighted by molar-refractivity contribution is -0.385. The summed E-state index contributed by atoms with van der Waals surface area (Å²) in [7, 11) is 0. The molecule has 1 aliphatic rings. The molecule has 72 valence electrons. The van der Waals surface area contributed by atoms with Crippen molar-refractivity contribution in [3.05, 3.63) is 46.0 Å². The first-order chi connectivity index (χ1) is 6.70. The number of fused-ring (bicyclic) bond motifs is 1. The Morgan fingerprint density at radius 3 is 2.93 bits per heavy atom. The lowest BCUT2D eigenvalue weighted by atomic mass is 9.98. The van der Waals surface area contributed by atoms with Crippen LogP contribution in [0.15, 0.2) is 24.8 Å². The molecule has 0 aromatic heterocycles. The maximum atomic E-state index is 10.7. The van der Waals surface area contributed by atoms with Gasteiger partial charge in [-0.3, -0.25) is 10.1 Å². The fraction of sp³-hybridized carbons (Fsp3) is 0.200. The van der Waals surface area contributed by atoms with Gasteiger partial charge in [-0.05, 0) is 11.1 Å². The molecule has 0 unspecified atom stereocenters. The number of nitro groups is 1. The van der Waals surface area contributed by atoms with Gasteiger partial charge >= 0.3 is 0 Å². The topological polar surface area (TPSA) is 52.4 Å². The monoisotopic (exact) mass is 191 g/mol. The minimum atomic E-state index is -0.380. The van der Waals surface area contributed by atoms with Crippen molar-refractivity contribution in [1.29, 1.82) is 0 Å². The van der Waals surface area contributed by atoms with E-state index in [-0.39, 0.29) is 10.6 Å². The van der Waals surface area contributed by atoms with E-state index in [9.17, 15) is 10.1 Å². The molecule has 1 heterocycles. The van der Waals surface area contributed by atoms with Crippen LogP contribution < -0.4 is 0 Å². The van der Waals surface area contributed by atoms with Gasteiger partial charge in [-0.2, -0.15) is 0 Å². The van der Waals surface area contributed by atoms with Crippen molar-refractivity contribution in [1.82, 2.24) is 0 Å². The van der Waals surface area contributed by atoms with Crippen LogP contribution in [0.25, 0.3) is 5.57 Å². The average molecular weight is 191 g/mol. The predicted octanol–water partition coefficient (Wildman–Crippen LogP) is 2.14. The number of benzene rings is 1. The van der Waals surface area contributed by atoms with Gasteiger partial charge in [0.1, 0.15) is 0 Å². The molecule has 0 radical (unpaired) electrons. The molecule has 0 saturated heterocycles. The number of nitro benzene ring substituents is 1. The Bertz CT molecular complexity index is 412. The third-order valence-corrected chi connectivity index (χ3v) is 2.21. The molecule has 0 atom stereocenters. The Morgan fingerprint density at radius 2 is 2.21 bits per heavy atom. The standard InChI is InChI=1S/C10H9NO3/c1-7-5-14-6-8-3-2-4-9(10(7)8)11(12)13/h2-4H,1,5-6H2. The van der Waals surface area contributed by atoms with Crippen LogP contribution in [0.2, 0.25) is 0 Å². The highest BCUT2D eigenvalue weighted by Gasteiger charge is 2.22. The molecule has 0 aliphatic carbocycles. The molecule has 0 saturated carbocycles. The lowest BCUT2D eigenvalue weighted by Crippen LogP contribution is -2.10. The zero-order chi connectivity index (χ0) is 10.1. The Labute approximate surface area is 81.0 Å². The van der Waals surface area contributed by atoms with Crippen LogP contribution in [0.4, 0.5) is 5.69 Å². The van der Waals surface area contributed by atoms with E-state index in [0.717, 1.165) is 5.56 Å². The molecule has 2 rings (SSSR count). The lowest BCUT2D eigenvalue weighted by Gasteiger charge is -2.17. The minimum Gasteiger partial charge on any atom is -0.372 e. The SMILES string of the molecule is C=C1COCc2cccc([N+](=O)[O-])c21. The molecule has 4 heteroatoms. The van der Waals surface area contributed by atoms with Crippen LogP contribution in [0.1, 0.15) is 11.1 Å². The molecule has 1 aromatic rings. The number of hydrogen-bond donors (Lipinski definition) is 0. The molecular weight excluding hydrogens is 182 g/mol. The highest BCUT2D eigenvalue weighted by Crippen LogP contribution is 2.32. The molecule has 1 aliphatic heterocycles. The second kappa shape index (κ2) is 3.23. The van der Waals surface area contributed by atoms with Gasteiger partial charge in [-0.25, -0.2) is 0 Å². The van der Waals surface area contributed by atoms with E-state index >= 15 is 0 Å². The van der Waals surface area contributed by atoms with Crippen molar-refractivity contribution in [2.24, 2.45) is 0 Å². The molecule has 0 fully saturated rings. The highest BCUT2D eigenvalue weighted by molar-refractivity contribution is 5.75. The molecular formula is C10H9NO3. The van der Waals surface area contributed by atoms with Gasteiger partial charge in [0, 0.05) is 6.07 Å². The summed E-state index contributed by atoms with van der Waals surface area (Å²) in [5.74, 6) is 0. The quantitative estimate of drug-likeness (QED) is 0.504. The predicted molar refractivity (Wildman–Crippen MR) is 51.8 cm³/mol. The molecule has 0 bridgehead atoms. The zero-order valence-corrected chi connectivity index (χ0v) is 7.53. The molecule has 0 amide bonds. The summed E-state index contributed by atoms with van der Waals surface area (Å²) in [6.45, 7) is 4.57. The maximum Gasteiger partial charge on any atom is 0.277 e. The highest BCUT2D eigenvalue weighted by atomic mass is 16.6. The van der Waals surface area contributed by atoms with E-state index in [2.05, 4.69) is 6.58 Å². The summed E-state index contributed by atoms with van der Waals surface area (Å²) in [6.07, 6.45) is 0. The van der Waals surface area contributed by atoms with Crippen LogP contribution in [-0.4, -0.2) is 11.5 Å². The van der Waals surface area contributed by atoms with Crippen molar-refractivity contribution in [3.63, 3.8) is 0 Å². The molecule has 0 spiro atoms. The third kappa shape index (κ3) is 1.29. The summed E-state index contributed by atoms with van der Waals surface area (Å²) in [4.78, 5) is 10.4. The molecule has 4 nitrogen and oxygen atoms in total. The zero-order valence-electron chi connectivity index (χ0n) is 7.53. The van der Waals surface area contributed by atoms with Crippen LogP contribution in [0, 0.1) is 10.1 Å². The number of rotatable bonds is 1. The first-order valence-electron chi connectivity index (χ1n) is 4.22. The van der Waals surface area contributed by atoms with E-state index in [0.29, 0.717) is 24.4 Å². The first kappa shape index (κ1) is 8.90. The number of nitrogens with zero attached hydrogens (tertiary/aromatic N) is 1. The van der Waals surface area contributed by atoms with Crippen molar-refractivity contribution >= 4 is 11.3 Å². The number of hydrogen-bond acceptors (Lipinski definition) is 3. The molecule has 14 heavy (non-hydrogen) atoms. The van der Waals surface area contributed by atoms with Gasteiger partial charge < -0.3 is 4.74 Å². The van der Waals surface area contributed by atoms with Crippen molar-refractivity contribution in [3.8, 4) is 0 Å². The van der Waals surface area contributed by atoms with E-state index in [4.69, 9.17) is 4.74 Å². The normalized spacial score (nSPS) is 15.0. The Balaban J connectivity index is 2.63. The van der Waals surface area contributed by atoms with E-state index < -0.39 is 0 Å². The summed E-state index contributed by atoms with van der Waals surface area (Å²) >= 11 is 0.